The summed E-state index contributed by atoms with van der Waals surface area (Å²) < 4.78 is 0. The molecule has 0 aliphatic heterocycles. The second kappa shape index (κ2) is 13.6. The molecule has 0 bridgehead atoms. The Morgan fingerprint density at radius 2 is 1.15 bits per heavy atom. The van der Waals surface area contributed by atoms with Crippen LogP contribution in [0.1, 0.15) is 76.7 Å². The van der Waals surface area contributed by atoms with Crippen molar-refractivity contribution in [2.24, 2.45) is 0 Å². The van der Waals surface area contributed by atoms with E-state index in [9.17, 15) is 5.11 Å². The summed E-state index contributed by atoms with van der Waals surface area (Å²) in [5.41, 5.74) is 1.30. The summed E-state index contributed by atoms with van der Waals surface area (Å²) in [5, 5.41) is 11.0. The Kier molecular flexibility index (Phi) is 13.3. The smallest absolute Gasteiger partial charge is 0.872 e. The van der Waals surface area contributed by atoms with E-state index in [1.54, 1.807) is 12.1 Å². The summed E-state index contributed by atoms with van der Waals surface area (Å²) in [6.45, 7) is 2.27. The van der Waals surface area contributed by atoms with Crippen molar-refractivity contribution in [3.8, 4) is 5.75 Å². The minimum Gasteiger partial charge on any atom is -0.872 e. The van der Waals surface area contributed by atoms with Gasteiger partial charge in [0.05, 0.1) is 0 Å². The number of hydrogen-bond donors (Lipinski definition) is 0. The van der Waals surface area contributed by atoms with Gasteiger partial charge >= 0.3 is 18.9 Å². The molecule has 1 nitrogen and oxygen atoms in total. The average Bonchev–Trinajstić information content (AvgIpc) is 2.43. The Morgan fingerprint density at radius 1 is 0.700 bits per heavy atom. The van der Waals surface area contributed by atoms with Gasteiger partial charge in [0.1, 0.15) is 0 Å². The largest absolute Gasteiger partial charge is 1.00 e. The molecule has 108 valence electrons. The van der Waals surface area contributed by atoms with E-state index in [1.807, 2.05) is 12.1 Å². The first kappa shape index (κ1) is 19.6. The van der Waals surface area contributed by atoms with Crippen LogP contribution < -0.4 is 24.0 Å². The molecule has 0 saturated heterocycles. The number of unbranched alkanes of at least 4 members (excludes halogenated alkanes) is 9. The molecule has 1 aromatic carbocycles. The SMILES string of the molecule is CCCCCCCCCCCCc1ccc([O-])cc1.[Li+]. The van der Waals surface area contributed by atoms with Gasteiger partial charge in [-0.3, -0.25) is 0 Å². The van der Waals surface area contributed by atoms with Crippen LogP contribution in [0.3, 0.4) is 0 Å². The molecule has 0 fully saturated rings. The Labute approximate surface area is 137 Å². The molecule has 0 spiro atoms. The Bertz CT molecular complexity index is 308. The summed E-state index contributed by atoms with van der Waals surface area (Å²) in [7, 11) is 0. The Morgan fingerprint density at radius 3 is 1.65 bits per heavy atom. The fourth-order valence-electron chi connectivity index (χ4n) is 2.47. The zero-order valence-electron chi connectivity index (χ0n) is 13.5. The number of hydrogen-bond acceptors (Lipinski definition) is 1. The predicted octanol–water partition coefficient (Wildman–Crippen LogP) is 2.23. The van der Waals surface area contributed by atoms with Crippen LogP contribution >= 0.6 is 0 Å². The van der Waals surface area contributed by atoms with Crippen molar-refractivity contribution in [2.45, 2.75) is 77.6 Å². The Hall–Kier alpha value is -0.383. The van der Waals surface area contributed by atoms with Gasteiger partial charge in [-0.2, -0.15) is 0 Å². The third kappa shape index (κ3) is 10.4. The van der Waals surface area contributed by atoms with Gasteiger partial charge in [-0.25, -0.2) is 0 Å². The van der Waals surface area contributed by atoms with Crippen LogP contribution in [-0.4, -0.2) is 0 Å². The zero-order chi connectivity index (χ0) is 13.8. The fraction of sp³-hybridized carbons (Fsp3) is 0.667. The zero-order valence-corrected chi connectivity index (χ0v) is 13.5. The van der Waals surface area contributed by atoms with Crippen molar-refractivity contribution in [2.75, 3.05) is 0 Å². The van der Waals surface area contributed by atoms with Gasteiger partial charge < -0.3 is 5.11 Å². The molecule has 0 saturated carbocycles. The molecule has 2 heteroatoms. The van der Waals surface area contributed by atoms with E-state index in [0.29, 0.717) is 0 Å². The van der Waals surface area contributed by atoms with Crippen LogP contribution in [-0.2, 0) is 6.42 Å². The summed E-state index contributed by atoms with van der Waals surface area (Å²) in [5.74, 6) is 0.117. The van der Waals surface area contributed by atoms with Crippen LogP contribution in [0, 0.1) is 0 Å². The van der Waals surface area contributed by atoms with E-state index >= 15 is 0 Å². The summed E-state index contributed by atoms with van der Waals surface area (Å²) in [4.78, 5) is 0. The molecule has 0 unspecified atom stereocenters. The van der Waals surface area contributed by atoms with Crippen molar-refractivity contribution in [3.05, 3.63) is 29.8 Å². The van der Waals surface area contributed by atoms with Crippen molar-refractivity contribution < 1.29 is 24.0 Å². The molecule has 0 radical (unpaired) electrons. The summed E-state index contributed by atoms with van der Waals surface area (Å²) >= 11 is 0. The second-order valence-electron chi connectivity index (χ2n) is 5.58. The predicted molar refractivity (Wildman–Crippen MR) is 81.4 cm³/mol. The van der Waals surface area contributed by atoms with E-state index in [4.69, 9.17) is 0 Å². The van der Waals surface area contributed by atoms with Gasteiger partial charge in [0.15, 0.2) is 0 Å². The van der Waals surface area contributed by atoms with Gasteiger partial charge in [-0.05, 0) is 18.4 Å². The molecule has 1 aromatic rings. The van der Waals surface area contributed by atoms with Gasteiger partial charge in [-0.1, -0.05) is 89.0 Å². The van der Waals surface area contributed by atoms with Gasteiger partial charge in [0.25, 0.3) is 0 Å². The third-order valence-corrected chi connectivity index (χ3v) is 3.74. The molecule has 20 heavy (non-hydrogen) atoms. The molecular formula is C18H29LiO. The molecule has 0 aromatic heterocycles. The van der Waals surface area contributed by atoms with Crippen molar-refractivity contribution >= 4 is 0 Å². The normalized spacial score (nSPS) is 10.2. The maximum Gasteiger partial charge on any atom is 1.00 e. The topological polar surface area (TPSA) is 23.1 Å². The first-order valence-electron chi connectivity index (χ1n) is 8.09. The van der Waals surface area contributed by atoms with Gasteiger partial charge in [-0.15, -0.1) is 5.75 Å². The molecule has 0 heterocycles. The van der Waals surface area contributed by atoms with Crippen molar-refractivity contribution in [1.82, 2.24) is 0 Å². The Balaban J connectivity index is 0.00000361. The van der Waals surface area contributed by atoms with Crippen LogP contribution in [0.4, 0.5) is 0 Å². The van der Waals surface area contributed by atoms with Gasteiger partial charge in [0, 0.05) is 0 Å². The fourth-order valence-corrected chi connectivity index (χ4v) is 2.47. The third-order valence-electron chi connectivity index (χ3n) is 3.74. The van der Waals surface area contributed by atoms with E-state index in [1.165, 1.54) is 69.8 Å². The monoisotopic (exact) mass is 268 g/mol. The molecule has 0 atom stereocenters. The maximum atomic E-state index is 11.0. The van der Waals surface area contributed by atoms with E-state index in [-0.39, 0.29) is 24.6 Å². The summed E-state index contributed by atoms with van der Waals surface area (Å²) in [6.07, 6.45) is 14.9. The van der Waals surface area contributed by atoms with E-state index in [2.05, 4.69) is 6.92 Å². The number of aryl methyl sites for hydroxylation is 1. The maximum absolute atomic E-state index is 11.0. The van der Waals surface area contributed by atoms with Crippen molar-refractivity contribution in [1.29, 1.82) is 0 Å². The molecule has 0 N–H and O–H groups in total. The molecule has 1 rings (SSSR count). The van der Waals surface area contributed by atoms with Crippen LogP contribution in [0.25, 0.3) is 0 Å². The quantitative estimate of drug-likeness (QED) is 0.446. The molecule has 0 aliphatic rings. The minimum atomic E-state index is 0. The van der Waals surface area contributed by atoms with Crippen LogP contribution in [0.5, 0.6) is 5.75 Å². The molecule has 0 amide bonds. The number of benzene rings is 1. The van der Waals surface area contributed by atoms with Crippen LogP contribution in [0.15, 0.2) is 24.3 Å². The van der Waals surface area contributed by atoms with E-state index in [0.717, 1.165) is 6.42 Å². The molecular weight excluding hydrogens is 239 g/mol. The first-order valence-corrected chi connectivity index (χ1v) is 8.09. The standard InChI is InChI=1S/C18H30O.Li/c1-2-3-4-5-6-7-8-9-10-11-12-17-13-15-18(19)16-14-17;/h13-16,19H,2-12H2,1H3;/q;+1/p-1. The molecule has 0 aliphatic carbocycles. The average molecular weight is 268 g/mol. The van der Waals surface area contributed by atoms with E-state index < -0.39 is 0 Å². The van der Waals surface area contributed by atoms with Gasteiger partial charge in [0.2, 0.25) is 0 Å². The van der Waals surface area contributed by atoms with Crippen molar-refractivity contribution in [3.63, 3.8) is 0 Å². The summed E-state index contributed by atoms with van der Waals surface area (Å²) in [6, 6.07) is 7.28. The second-order valence-corrected chi connectivity index (χ2v) is 5.58. The minimum absolute atomic E-state index is 0. The van der Waals surface area contributed by atoms with Crippen LogP contribution in [0.2, 0.25) is 0 Å². The first-order chi connectivity index (χ1) is 9.33. The number of rotatable bonds is 11.